The second-order valence-electron chi connectivity index (χ2n) is 5.05. The van der Waals surface area contributed by atoms with Crippen molar-refractivity contribution < 1.29 is 4.79 Å². The Kier molecular flexibility index (Phi) is 4.40. The zero-order chi connectivity index (χ0) is 13.1. The SMILES string of the molecule is C[C@H](NC(=O)CC(N)C1CC1)c1cccc(Br)c1. The lowest BCUT2D eigenvalue weighted by Gasteiger charge is -2.16. The molecule has 1 aliphatic carbocycles. The van der Waals surface area contributed by atoms with Gasteiger partial charge in [-0.25, -0.2) is 0 Å². The zero-order valence-electron chi connectivity index (χ0n) is 10.5. The number of halogens is 1. The quantitative estimate of drug-likeness (QED) is 0.878. The molecular formula is C14H19BrN2O. The summed E-state index contributed by atoms with van der Waals surface area (Å²) in [4.78, 5) is 11.9. The van der Waals surface area contributed by atoms with Crippen LogP contribution in [0.3, 0.4) is 0 Å². The van der Waals surface area contributed by atoms with Gasteiger partial charge in [-0.15, -0.1) is 0 Å². The van der Waals surface area contributed by atoms with E-state index in [1.165, 1.54) is 12.8 Å². The maximum atomic E-state index is 11.9. The van der Waals surface area contributed by atoms with Gasteiger partial charge < -0.3 is 11.1 Å². The number of hydrogen-bond donors (Lipinski definition) is 2. The molecule has 0 saturated heterocycles. The number of hydrogen-bond acceptors (Lipinski definition) is 2. The van der Waals surface area contributed by atoms with Gasteiger partial charge >= 0.3 is 0 Å². The Morgan fingerprint density at radius 2 is 2.28 bits per heavy atom. The van der Waals surface area contributed by atoms with E-state index < -0.39 is 0 Å². The molecule has 1 unspecified atom stereocenters. The number of rotatable bonds is 5. The second kappa shape index (κ2) is 5.85. The monoisotopic (exact) mass is 310 g/mol. The molecule has 0 bridgehead atoms. The minimum Gasteiger partial charge on any atom is -0.350 e. The van der Waals surface area contributed by atoms with Crippen LogP contribution in [0.1, 0.15) is 37.8 Å². The fourth-order valence-electron chi connectivity index (χ4n) is 2.06. The Bertz CT molecular complexity index is 432. The molecule has 1 saturated carbocycles. The summed E-state index contributed by atoms with van der Waals surface area (Å²) < 4.78 is 1.02. The molecular weight excluding hydrogens is 292 g/mol. The van der Waals surface area contributed by atoms with Crippen molar-refractivity contribution in [2.75, 3.05) is 0 Å². The molecule has 2 atom stereocenters. The van der Waals surface area contributed by atoms with Crippen LogP contribution in [-0.2, 0) is 4.79 Å². The molecule has 1 aromatic rings. The maximum Gasteiger partial charge on any atom is 0.222 e. The number of amides is 1. The van der Waals surface area contributed by atoms with E-state index >= 15 is 0 Å². The van der Waals surface area contributed by atoms with Crippen molar-refractivity contribution >= 4 is 21.8 Å². The Hall–Kier alpha value is -0.870. The van der Waals surface area contributed by atoms with Crippen molar-refractivity contribution in [1.82, 2.24) is 5.32 Å². The van der Waals surface area contributed by atoms with Crippen LogP contribution >= 0.6 is 15.9 Å². The summed E-state index contributed by atoms with van der Waals surface area (Å²) in [6, 6.07) is 8.02. The standard InChI is InChI=1S/C14H19BrN2O/c1-9(11-3-2-4-12(15)7-11)17-14(18)8-13(16)10-5-6-10/h2-4,7,9-10,13H,5-6,8,16H2,1H3,(H,17,18)/t9-,13?/m0/s1. The average molecular weight is 311 g/mol. The third-order valence-corrected chi connectivity index (χ3v) is 3.87. The Labute approximate surface area is 116 Å². The molecule has 4 heteroatoms. The van der Waals surface area contributed by atoms with Crippen LogP contribution in [0.15, 0.2) is 28.7 Å². The normalized spacial score (nSPS) is 18.2. The van der Waals surface area contributed by atoms with Crippen LogP contribution in [0, 0.1) is 5.92 Å². The first kappa shape index (κ1) is 13.6. The van der Waals surface area contributed by atoms with E-state index in [4.69, 9.17) is 5.73 Å². The number of nitrogens with one attached hydrogen (secondary N) is 1. The summed E-state index contributed by atoms with van der Waals surface area (Å²) >= 11 is 3.43. The van der Waals surface area contributed by atoms with Crippen LogP contribution in [0.2, 0.25) is 0 Å². The lowest BCUT2D eigenvalue weighted by molar-refractivity contribution is -0.122. The fourth-order valence-corrected chi connectivity index (χ4v) is 2.48. The van der Waals surface area contributed by atoms with Crippen LogP contribution in [0.5, 0.6) is 0 Å². The Balaban J connectivity index is 1.86. The lowest BCUT2D eigenvalue weighted by atomic mass is 10.1. The first-order valence-corrected chi connectivity index (χ1v) is 7.16. The third-order valence-electron chi connectivity index (χ3n) is 3.37. The molecule has 1 amide bonds. The Morgan fingerprint density at radius 1 is 1.56 bits per heavy atom. The second-order valence-corrected chi connectivity index (χ2v) is 5.97. The minimum absolute atomic E-state index is 0.0152. The van der Waals surface area contributed by atoms with E-state index in [9.17, 15) is 4.79 Å². The van der Waals surface area contributed by atoms with Gasteiger partial charge in [0.1, 0.15) is 0 Å². The number of carbonyl (C=O) groups excluding carboxylic acids is 1. The third kappa shape index (κ3) is 3.82. The highest BCUT2D eigenvalue weighted by atomic mass is 79.9. The molecule has 0 spiro atoms. The molecule has 1 fully saturated rings. The molecule has 3 N–H and O–H groups in total. The van der Waals surface area contributed by atoms with Crippen molar-refractivity contribution in [3.05, 3.63) is 34.3 Å². The zero-order valence-corrected chi connectivity index (χ0v) is 12.1. The molecule has 2 rings (SSSR count). The molecule has 0 aromatic heterocycles. The predicted octanol–water partition coefficient (Wildman–Crippen LogP) is 2.75. The van der Waals surface area contributed by atoms with E-state index in [1.54, 1.807) is 0 Å². The van der Waals surface area contributed by atoms with Gasteiger partial charge in [0, 0.05) is 16.9 Å². The summed E-state index contributed by atoms with van der Waals surface area (Å²) in [7, 11) is 0. The average Bonchev–Trinajstić information content (AvgIpc) is 3.12. The highest BCUT2D eigenvalue weighted by Gasteiger charge is 2.29. The summed E-state index contributed by atoms with van der Waals surface area (Å²) in [6.07, 6.45) is 2.79. The van der Waals surface area contributed by atoms with Crippen molar-refractivity contribution in [2.45, 2.75) is 38.3 Å². The first-order valence-electron chi connectivity index (χ1n) is 6.36. The molecule has 0 radical (unpaired) electrons. The van der Waals surface area contributed by atoms with Crippen molar-refractivity contribution in [3.63, 3.8) is 0 Å². The van der Waals surface area contributed by atoms with Gasteiger partial charge in [0.15, 0.2) is 0 Å². The largest absolute Gasteiger partial charge is 0.350 e. The van der Waals surface area contributed by atoms with Crippen molar-refractivity contribution in [3.8, 4) is 0 Å². The van der Waals surface area contributed by atoms with Crippen molar-refractivity contribution in [1.29, 1.82) is 0 Å². The number of carbonyl (C=O) groups is 1. The summed E-state index contributed by atoms with van der Waals surface area (Å²) in [5.41, 5.74) is 7.05. The summed E-state index contributed by atoms with van der Waals surface area (Å²) in [6.45, 7) is 1.99. The topological polar surface area (TPSA) is 55.1 Å². The van der Waals surface area contributed by atoms with Gasteiger partial charge in [-0.05, 0) is 43.4 Å². The van der Waals surface area contributed by atoms with Crippen molar-refractivity contribution in [2.24, 2.45) is 11.7 Å². The molecule has 0 aliphatic heterocycles. The predicted molar refractivity (Wildman–Crippen MR) is 76.0 cm³/mol. The molecule has 98 valence electrons. The van der Waals surface area contributed by atoms with Gasteiger partial charge in [0.05, 0.1) is 6.04 Å². The van der Waals surface area contributed by atoms with Gasteiger partial charge in [-0.2, -0.15) is 0 Å². The Morgan fingerprint density at radius 3 is 2.89 bits per heavy atom. The summed E-state index contributed by atoms with van der Waals surface area (Å²) in [5, 5.41) is 3.00. The van der Waals surface area contributed by atoms with Crippen LogP contribution < -0.4 is 11.1 Å². The lowest BCUT2D eigenvalue weighted by Crippen LogP contribution is -2.34. The highest BCUT2D eigenvalue weighted by Crippen LogP contribution is 2.32. The molecule has 0 heterocycles. The van der Waals surface area contributed by atoms with E-state index in [1.807, 2.05) is 31.2 Å². The molecule has 1 aromatic carbocycles. The van der Waals surface area contributed by atoms with E-state index in [0.29, 0.717) is 12.3 Å². The van der Waals surface area contributed by atoms with Gasteiger partial charge in [0.25, 0.3) is 0 Å². The van der Waals surface area contributed by atoms with Crippen LogP contribution in [-0.4, -0.2) is 11.9 Å². The smallest absolute Gasteiger partial charge is 0.222 e. The van der Waals surface area contributed by atoms with Crippen LogP contribution in [0.4, 0.5) is 0 Å². The van der Waals surface area contributed by atoms with Gasteiger partial charge in [-0.3, -0.25) is 4.79 Å². The molecule has 1 aliphatic rings. The van der Waals surface area contributed by atoms with Gasteiger partial charge in [-0.1, -0.05) is 28.1 Å². The maximum absolute atomic E-state index is 11.9. The van der Waals surface area contributed by atoms with Gasteiger partial charge in [0.2, 0.25) is 5.91 Å². The highest BCUT2D eigenvalue weighted by molar-refractivity contribution is 9.10. The fraction of sp³-hybridized carbons (Fsp3) is 0.500. The number of benzene rings is 1. The van der Waals surface area contributed by atoms with E-state index in [0.717, 1.165) is 10.0 Å². The van der Waals surface area contributed by atoms with E-state index in [-0.39, 0.29) is 18.0 Å². The molecule has 3 nitrogen and oxygen atoms in total. The number of nitrogens with two attached hydrogens (primary N) is 1. The first-order chi connectivity index (χ1) is 8.56. The van der Waals surface area contributed by atoms with E-state index in [2.05, 4.69) is 21.2 Å². The minimum atomic E-state index is 0.0152. The van der Waals surface area contributed by atoms with Crippen LogP contribution in [0.25, 0.3) is 0 Å². The summed E-state index contributed by atoms with van der Waals surface area (Å²) in [5.74, 6) is 0.610. The molecule has 18 heavy (non-hydrogen) atoms.